The molecule has 120 valence electrons. The van der Waals surface area contributed by atoms with Crippen LogP contribution in [0.25, 0.3) is 0 Å². The summed E-state index contributed by atoms with van der Waals surface area (Å²) < 4.78 is 12.3. The summed E-state index contributed by atoms with van der Waals surface area (Å²) in [6.45, 7) is 12.3. The van der Waals surface area contributed by atoms with Crippen molar-refractivity contribution in [3.8, 4) is 0 Å². The Morgan fingerprint density at radius 1 is 1.05 bits per heavy atom. The largest absolute Gasteiger partial charge is 0.495 e. The van der Waals surface area contributed by atoms with E-state index in [0.29, 0.717) is 5.56 Å². The molecule has 0 atom stereocenters. The lowest BCUT2D eigenvalue weighted by molar-refractivity contribution is 0.00578. The fourth-order valence-corrected chi connectivity index (χ4v) is 2.95. The highest BCUT2D eigenvalue weighted by atomic mass is 16.7. The summed E-state index contributed by atoms with van der Waals surface area (Å²) in [6.07, 6.45) is 1.57. The number of amides is 1. The van der Waals surface area contributed by atoms with Crippen molar-refractivity contribution in [1.29, 1.82) is 0 Å². The predicted octanol–water partition coefficient (Wildman–Crippen LogP) is 2.21. The van der Waals surface area contributed by atoms with Crippen LogP contribution >= 0.6 is 0 Å². The molecule has 22 heavy (non-hydrogen) atoms. The lowest BCUT2D eigenvalue weighted by Gasteiger charge is -2.32. The van der Waals surface area contributed by atoms with Gasteiger partial charge in [0.05, 0.1) is 11.2 Å². The molecule has 1 aliphatic rings. The number of rotatable bonds is 4. The van der Waals surface area contributed by atoms with Gasteiger partial charge in [0.15, 0.2) is 0 Å². The maximum atomic E-state index is 11.6. The first-order valence-corrected chi connectivity index (χ1v) is 7.94. The quantitative estimate of drug-likeness (QED) is 0.868. The Hall–Kier alpha value is -1.33. The Morgan fingerprint density at radius 2 is 1.55 bits per heavy atom. The molecule has 1 aromatic carbocycles. The molecule has 1 aliphatic heterocycles. The van der Waals surface area contributed by atoms with Crippen molar-refractivity contribution < 1.29 is 14.1 Å². The third-order valence-corrected chi connectivity index (χ3v) is 4.95. The van der Waals surface area contributed by atoms with E-state index in [0.717, 1.165) is 29.4 Å². The molecule has 1 fully saturated rings. The van der Waals surface area contributed by atoms with E-state index in [1.54, 1.807) is 6.07 Å². The molecule has 2 rings (SSSR count). The van der Waals surface area contributed by atoms with Crippen molar-refractivity contribution in [2.45, 2.75) is 65.6 Å². The standard InChI is InChI=1S/C17H26BNO3/c1-7-11-12(8-2)14(10-9-13(11)15(19)20)18-21-16(3,4)17(5,6)22-18/h9-10H,7-8H2,1-6H3,(H2,19,20). The number of carbonyl (C=O) groups is 1. The number of hydrogen-bond acceptors (Lipinski definition) is 3. The van der Waals surface area contributed by atoms with Crippen molar-refractivity contribution >= 4 is 18.5 Å². The highest BCUT2D eigenvalue weighted by molar-refractivity contribution is 6.62. The Kier molecular flexibility index (Phi) is 4.42. The van der Waals surface area contributed by atoms with E-state index in [1.165, 1.54) is 0 Å². The zero-order valence-corrected chi connectivity index (χ0v) is 14.4. The molecule has 1 saturated heterocycles. The van der Waals surface area contributed by atoms with Gasteiger partial charge < -0.3 is 15.0 Å². The number of carbonyl (C=O) groups excluding carboxylic acids is 1. The SMILES string of the molecule is CCc1c(B2OC(C)(C)C(C)(C)O2)ccc(C(N)=O)c1CC. The molecule has 0 radical (unpaired) electrons. The molecule has 0 unspecified atom stereocenters. The van der Waals surface area contributed by atoms with Crippen molar-refractivity contribution in [1.82, 2.24) is 0 Å². The van der Waals surface area contributed by atoms with Gasteiger partial charge >= 0.3 is 7.12 Å². The second-order valence-electron chi connectivity index (χ2n) is 6.82. The van der Waals surface area contributed by atoms with Crippen LogP contribution in [0.15, 0.2) is 12.1 Å². The van der Waals surface area contributed by atoms with Crippen molar-refractivity contribution in [3.05, 3.63) is 28.8 Å². The van der Waals surface area contributed by atoms with Gasteiger partial charge in [-0.05, 0) is 63.2 Å². The minimum atomic E-state index is -0.410. The summed E-state index contributed by atoms with van der Waals surface area (Å²) in [5, 5.41) is 0. The summed E-state index contributed by atoms with van der Waals surface area (Å²) in [4.78, 5) is 11.6. The third-order valence-electron chi connectivity index (χ3n) is 4.95. The Morgan fingerprint density at radius 3 is 1.95 bits per heavy atom. The lowest BCUT2D eigenvalue weighted by Crippen LogP contribution is -2.41. The molecule has 1 aromatic rings. The van der Waals surface area contributed by atoms with Crippen LogP contribution in [0.1, 0.15) is 63.0 Å². The van der Waals surface area contributed by atoms with E-state index >= 15 is 0 Å². The zero-order chi connectivity index (χ0) is 16.7. The predicted molar refractivity (Wildman–Crippen MR) is 89.4 cm³/mol. The third kappa shape index (κ3) is 2.68. The van der Waals surface area contributed by atoms with E-state index in [4.69, 9.17) is 15.0 Å². The first-order chi connectivity index (χ1) is 10.1. The Balaban J connectivity index is 2.52. The average Bonchev–Trinajstić information content (AvgIpc) is 2.65. The topological polar surface area (TPSA) is 61.6 Å². The van der Waals surface area contributed by atoms with Crippen LogP contribution in [0.2, 0.25) is 0 Å². The van der Waals surface area contributed by atoms with Crippen LogP contribution in [-0.4, -0.2) is 24.2 Å². The molecular formula is C17H26BNO3. The highest BCUT2D eigenvalue weighted by Crippen LogP contribution is 2.37. The van der Waals surface area contributed by atoms with Crippen LogP contribution in [0, 0.1) is 0 Å². The van der Waals surface area contributed by atoms with Crippen LogP contribution in [0.3, 0.4) is 0 Å². The molecule has 0 saturated carbocycles. The first-order valence-electron chi connectivity index (χ1n) is 7.94. The Labute approximate surface area is 133 Å². The molecule has 4 nitrogen and oxygen atoms in total. The minimum Gasteiger partial charge on any atom is -0.399 e. The van der Waals surface area contributed by atoms with Crippen LogP contribution < -0.4 is 11.2 Å². The van der Waals surface area contributed by atoms with Gasteiger partial charge in [0, 0.05) is 5.56 Å². The molecular weight excluding hydrogens is 277 g/mol. The second kappa shape index (κ2) is 5.71. The minimum absolute atomic E-state index is 0.378. The van der Waals surface area contributed by atoms with Gasteiger partial charge in [0.1, 0.15) is 0 Å². The van der Waals surface area contributed by atoms with Gasteiger partial charge in [0.25, 0.3) is 0 Å². The fraction of sp³-hybridized carbons (Fsp3) is 0.588. The van der Waals surface area contributed by atoms with E-state index in [2.05, 4.69) is 6.92 Å². The molecule has 1 heterocycles. The highest BCUT2D eigenvalue weighted by Gasteiger charge is 2.52. The molecule has 0 aromatic heterocycles. The molecule has 0 aliphatic carbocycles. The van der Waals surface area contributed by atoms with E-state index < -0.39 is 7.12 Å². The van der Waals surface area contributed by atoms with Gasteiger partial charge in [0.2, 0.25) is 5.91 Å². The zero-order valence-electron chi connectivity index (χ0n) is 14.4. The summed E-state index contributed by atoms with van der Waals surface area (Å²) in [7, 11) is -0.410. The lowest BCUT2D eigenvalue weighted by atomic mass is 9.72. The molecule has 1 amide bonds. The maximum absolute atomic E-state index is 11.6. The van der Waals surface area contributed by atoms with E-state index in [9.17, 15) is 4.79 Å². The van der Waals surface area contributed by atoms with Gasteiger partial charge in [-0.3, -0.25) is 4.79 Å². The monoisotopic (exact) mass is 303 g/mol. The van der Waals surface area contributed by atoms with Crippen molar-refractivity contribution in [2.24, 2.45) is 5.73 Å². The average molecular weight is 303 g/mol. The van der Waals surface area contributed by atoms with Crippen molar-refractivity contribution in [3.63, 3.8) is 0 Å². The molecule has 2 N–H and O–H groups in total. The fourth-order valence-electron chi connectivity index (χ4n) is 2.95. The normalized spacial score (nSPS) is 19.5. The summed E-state index contributed by atoms with van der Waals surface area (Å²) in [5.41, 5.74) is 8.46. The van der Waals surface area contributed by atoms with Gasteiger partial charge in [-0.15, -0.1) is 0 Å². The number of hydrogen-bond donors (Lipinski definition) is 1. The Bertz CT molecular complexity index is 580. The molecule has 0 spiro atoms. The number of benzene rings is 1. The van der Waals surface area contributed by atoms with Crippen LogP contribution in [0.5, 0.6) is 0 Å². The van der Waals surface area contributed by atoms with Crippen LogP contribution in [-0.2, 0) is 22.2 Å². The summed E-state index contributed by atoms with van der Waals surface area (Å²) in [5.74, 6) is -0.382. The molecule has 5 heteroatoms. The number of primary amides is 1. The van der Waals surface area contributed by atoms with E-state index in [1.807, 2.05) is 40.7 Å². The summed E-state index contributed by atoms with van der Waals surface area (Å²) >= 11 is 0. The van der Waals surface area contributed by atoms with Gasteiger partial charge in [-0.25, -0.2) is 0 Å². The number of nitrogens with two attached hydrogens (primary N) is 1. The summed E-state index contributed by atoms with van der Waals surface area (Å²) in [6, 6.07) is 3.71. The van der Waals surface area contributed by atoms with Crippen molar-refractivity contribution in [2.75, 3.05) is 0 Å². The maximum Gasteiger partial charge on any atom is 0.495 e. The van der Waals surface area contributed by atoms with Crippen LogP contribution in [0.4, 0.5) is 0 Å². The van der Waals surface area contributed by atoms with E-state index in [-0.39, 0.29) is 17.1 Å². The second-order valence-corrected chi connectivity index (χ2v) is 6.82. The molecule has 0 bridgehead atoms. The van der Waals surface area contributed by atoms with Gasteiger partial charge in [-0.1, -0.05) is 19.9 Å². The van der Waals surface area contributed by atoms with Gasteiger partial charge in [-0.2, -0.15) is 0 Å². The smallest absolute Gasteiger partial charge is 0.399 e. The first kappa shape index (κ1) is 17.0.